The summed E-state index contributed by atoms with van der Waals surface area (Å²) in [5.41, 5.74) is 2.27. The first kappa shape index (κ1) is 37.4. The van der Waals surface area contributed by atoms with Crippen molar-refractivity contribution < 1.29 is 27.5 Å². The van der Waals surface area contributed by atoms with Crippen molar-refractivity contribution in [2.75, 3.05) is 13.1 Å². The fourth-order valence-corrected chi connectivity index (χ4v) is 7.03. The monoisotopic (exact) mass is 750 g/mol. The molecule has 0 aliphatic carbocycles. The van der Waals surface area contributed by atoms with Crippen LogP contribution in [0.15, 0.2) is 96.0 Å². The second-order valence-corrected chi connectivity index (χ2v) is 14.3. The van der Waals surface area contributed by atoms with Crippen LogP contribution in [0.3, 0.4) is 0 Å². The molecule has 2 unspecified atom stereocenters. The highest BCUT2D eigenvalue weighted by Gasteiger charge is 2.44. The first-order valence-electron chi connectivity index (χ1n) is 17.2. The fourth-order valence-electron chi connectivity index (χ4n) is 6.78. The molecule has 2 heterocycles. The van der Waals surface area contributed by atoms with E-state index in [0.717, 1.165) is 54.8 Å². The van der Waals surface area contributed by atoms with Gasteiger partial charge in [0, 0.05) is 48.2 Å². The lowest BCUT2D eigenvalue weighted by Crippen LogP contribution is -2.43. The van der Waals surface area contributed by atoms with Gasteiger partial charge < -0.3 is 10.1 Å². The van der Waals surface area contributed by atoms with E-state index in [0.29, 0.717) is 22.2 Å². The third-order valence-corrected chi connectivity index (χ3v) is 9.73. The Balaban J connectivity index is 1.40. The summed E-state index contributed by atoms with van der Waals surface area (Å²) in [5.74, 6) is -0.260. The summed E-state index contributed by atoms with van der Waals surface area (Å²) in [6, 6.07) is 23.7. The second-order valence-electron chi connectivity index (χ2n) is 13.4. The third-order valence-electron chi connectivity index (χ3n) is 9.22. The van der Waals surface area contributed by atoms with Gasteiger partial charge in [-0.3, -0.25) is 24.4 Å². The Morgan fingerprint density at radius 2 is 1.48 bits per heavy atom. The molecule has 1 N–H and O–H groups in total. The number of likely N-dealkylation sites (tertiary alicyclic amines) is 1. The van der Waals surface area contributed by atoms with E-state index in [9.17, 15) is 22.8 Å². The number of aliphatic imine (C=N–C) groups is 1. The predicted molar refractivity (Wildman–Crippen MR) is 197 cm³/mol. The molecule has 2 amide bonds. The maximum atomic E-state index is 14.8. The van der Waals surface area contributed by atoms with Gasteiger partial charge in [-0.25, -0.2) is 0 Å². The molecule has 0 radical (unpaired) electrons. The topological polar surface area (TPSA) is 74.2 Å². The minimum absolute atomic E-state index is 0.0234. The Hall–Kier alpha value is -4.38. The van der Waals surface area contributed by atoms with Crippen LogP contribution >= 0.6 is 23.2 Å². The highest BCUT2D eigenvalue weighted by atomic mass is 35.5. The number of alkyl halides is 3. The maximum Gasteiger partial charge on any atom is 0.416 e. The lowest BCUT2D eigenvalue weighted by molar-refractivity contribution is -0.137. The molecule has 12 heteroatoms. The summed E-state index contributed by atoms with van der Waals surface area (Å²) in [6.45, 7) is 7.34. The molecule has 7 nitrogen and oxygen atoms in total. The van der Waals surface area contributed by atoms with E-state index in [2.05, 4.69) is 10.2 Å². The molecular formula is C40H39Cl2F3N4O3. The zero-order valence-electron chi connectivity index (χ0n) is 29.0. The molecule has 0 bridgehead atoms. The second kappa shape index (κ2) is 15.7. The van der Waals surface area contributed by atoms with Crippen molar-refractivity contribution in [2.24, 2.45) is 4.99 Å². The van der Waals surface area contributed by atoms with Gasteiger partial charge in [0.2, 0.25) is 5.91 Å². The highest BCUT2D eigenvalue weighted by molar-refractivity contribution is 6.30. The number of nitrogens with zero attached hydrogens (tertiary/aromatic N) is 3. The quantitative estimate of drug-likeness (QED) is 0.185. The molecule has 0 saturated carbocycles. The molecule has 2 aliphatic rings. The smallest absolute Gasteiger partial charge is 0.416 e. The summed E-state index contributed by atoms with van der Waals surface area (Å²) < 4.78 is 47.8. The van der Waals surface area contributed by atoms with E-state index < -0.39 is 29.9 Å². The van der Waals surface area contributed by atoms with E-state index in [-0.39, 0.29) is 35.0 Å². The van der Waals surface area contributed by atoms with E-state index in [1.54, 1.807) is 55.1 Å². The lowest BCUT2D eigenvalue weighted by Gasteiger charge is -2.32. The van der Waals surface area contributed by atoms with Crippen molar-refractivity contribution >= 4 is 40.9 Å². The van der Waals surface area contributed by atoms with Crippen molar-refractivity contribution in [2.45, 2.75) is 70.6 Å². The zero-order chi connectivity index (χ0) is 37.2. The lowest BCUT2D eigenvalue weighted by atomic mass is 9.93. The number of amides is 2. The number of rotatable bonds is 9. The van der Waals surface area contributed by atoms with Crippen LogP contribution in [0.1, 0.15) is 83.9 Å². The number of amidine groups is 1. The van der Waals surface area contributed by atoms with E-state index in [1.165, 1.54) is 13.0 Å². The summed E-state index contributed by atoms with van der Waals surface area (Å²) in [4.78, 5) is 35.3. The molecule has 1 saturated heterocycles. The molecule has 0 aromatic heterocycles. The van der Waals surface area contributed by atoms with Crippen LogP contribution in [0, 0.1) is 0 Å². The number of ether oxygens (including phenoxy) is 1. The zero-order valence-corrected chi connectivity index (χ0v) is 30.5. The Morgan fingerprint density at radius 1 is 0.885 bits per heavy atom. The van der Waals surface area contributed by atoms with Crippen LogP contribution in [0.2, 0.25) is 10.0 Å². The number of hydrogen-bond donors (Lipinski definition) is 1. The summed E-state index contributed by atoms with van der Waals surface area (Å²) in [6.07, 6.45) is -3.35. The first-order valence-corrected chi connectivity index (χ1v) is 17.9. The fraction of sp³-hybridized carbons (Fsp3) is 0.325. The molecule has 0 spiro atoms. The Kier molecular flexibility index (Phi) is 11.3. The number of hydrogen-bond acceptors (Lipinski definition) is 5. The molecule has 52 heavy (non-hydrogen) atoms. The van der Waals surface area contributed by atoms with Gasteiger partial charge in [0.05, 0.1) is 23.3 Å². The molecule has 1 fully saturated rings. The van der Waals surface area contributed by atoms with Gasteiger partial charge in [-0.15, -0.1) is 0 Å². The van der Waals surface area contributed by atoms with Crippen molar-refractivity contribution in [3.8, 4) is 5.75 Å². The number of piperidine rings is 1. The Morgan fingerprint density at radius 3 is 2.04 bits per heavy atom. The van der Waals surface area contributed by atoms with Gasteiger partial charge in [-0.2, -0.15) is 13.2 Å². The third kappa shape index (κ3) is 8.62. The van der Waals surface area contributed by atoms with Gasteiger partial charge in [0.1, 0.15) is 17.6 Å². The number of carbonyl (C=O) groups excluding carboxylic acids is 2. The number of carbonyl (C=O) groups is 2. The normalized spacial score (nSPS) is 18.4. The van der Waals surface area contributed by atoms with Gasteiger partial charge >= 0.3 is 6.18 Å². The van der Waals surface area contributed by atoms with Crippen molar-refractivity contribution in [3.05, 3.63) is 134 Å². The van der Waals surface area contributed by atoms with Crippen molar-refractivity contribution in [1.82, 2.24) is 15.1 Å². The molecular weight excluding hydrogens is 712 g/mol. The van der Waals surface area contributed by atoms with Gasteiger partial charge in [-0.1, -0.05) is 59.6 Å². The van der Waals surface area contributed by atoms with E-state index in [4.69, 9.17) is 32.9 Å². The molecule has 2 aliphatic heterocycles. The minimum atomic E-state index is -4.61. The van der Waals surface area contributed by atoms with Crippen LogP contribution in [0.4, 0.5) is 13.2 Å². The molecule has 4 aromatic carbocycles. The van der Waals surface area contributed by atoms with Gasteiger partial charge in [0.25, 0.3) is 5.91 Å². The van der Waals surface area contributed by atoms with Crippen LogP contribution in [-0.4, -0.2) is 52.7 Å². The summed E-state index contributed by atoms with van der Waals surface area (Å²) in [7, 11) is 0. The van der Waals surface area contributed by atoms with Crippen molar-refractivity contribution in [1.29, 1.82) is 0 Å². The number of benzene rings is 4. The van der Waals surface area contributed by atoms with Gasteiger partial charge in [-0.05, 0) is 98.0 Å². The number of nitrogens with one attached hydrogen (secondary N) is 1. The van der Waals surface area contributed by atoms with Crippen molar-refractivity contribution in [3.63, 3.8) is 0 Å². The molecule has 4 aromatic rings. The van der Waals surface area contributed by atoms with Crippen LogP contribution in [-0.2, 0) is 17.5 Å². The summed E-state index contributed by atoms with van der Waals surface area (Å²) >= 11 is 12.5. The highest BCUT2D eigenvalue weighted by Crippen LogP contribution is 2.46. The van der Waals surface area contributed by atoms with Crippen LogP contribution < -0.4 is 10.1 Å². The van der Waals surface area contributed by atoms with E-state index >= 15 is 0 Å². The van der Waals surface area contributed by atoms with Crippen LogP contribution in [0.5, 0.6) is 5.75 Å². The standard InChI is InChI=1S/C40H39Cl2F3N4O3/c1-24(2)52-35-22-30(40(43,44)45)12-17-34(35)38-47-36(27-8-13-31(41)14-9-27)37(28-10-15-32(42)16-11-28)49(38)39(51)29-6-4-26(5-7-29)23-48-20-18-33(19-21-48)46-25(3)50/h4-17,22,24,33,36-37H,18-21,23H2,1-3H3,(H,46,50). The Bertz CT molecular complexity index is 1930. The van der Waals surface area contributed by atoms with Crippen LogP contribution in [0.25, 0.3) is 0 Å². The SMILES string of the molecule is CC(=O)NC1CCN(Cc2ccc(C(=O)N3C(c4ccc(C(F)(F)F)cc4OC(C)C)=NC(c4ccc(Cl)cc4)C3c3ccc(Cl)cc3)cc2)CC1. The summed E-state index contributed by atoms with van der Waals surface area (Å²) in [5, 5.41) is 4.03. The number of halogens is 5. The average Bonchev–Trinajstić information content (AvgIpc) is 3.49. The minimum Gasteiger partial charge on any atom is -0.490 e. The molecule has 6 rings (SSSR count). The first-order chi connectivity index (χ1) is 24.8. The largest absolute Gasteiger partial charge is 0.490 e. The Labute approximate surface area is 311 Å². The van der Waals surface area contributed by atoms with Gasteiger partial charge in [0.15, 0.2) is 0 Å². The molecule has 2 atom stereocenters. The molecule has 272 valence electrons. The maximum absolute atomic E-state index is 14.8. The van der Waals surface area contributed by atoms with E-state index in [1.807, 2.05) is 36.4 Å². The average molecular weight is 752 g/mol. The predicted octanol–water partition coefficient (Wildman–Crippen LogP) is 9.29.